The second-order valence-electron chi connectivity index (χ2n) is 8.43. The van der Waals surface area contributed by atoms with E-state index in [0.29, 0.717) is 30.4 Å². The van der Waals surface area contributed by atoms with Gasteiger partial charge in [0.15, 0.2) is 0 Å². The van der Waals surface area contributed by atoms with Gasteiger partial charge in [0, 0.05) is 43.7 Å². The lowest BCUT2D eigenvalue weighted by molar-refractivity contribution is -0.138. The summed E-state index contributed by atoms with van der Waals surface area (Å²) in [6, 6.07) is 6.62. The number of fused-ring (bicyclic) bond motifs is 4. The van der Waals surface area contributed by atoms with Crippen molar-refractivity contribution in [2.24, 2.45) is 11.8 Å². The summed E-state index contributed by atoms with van der Waals surface area (Å²) in [6.07, 6.45) is 5.81. The Labute approximate surface area is 162 Å². The molecule has 1 N–H and O–H groups in total. The van der Waals surface area contributed by atoms with E-state index in [1.165, 1.54) is 24.8 Å². The van der Waals surface area contributed by atoms with Crippen molar-refractivity contribution < 1.29 is 14.6 Å². The largest absolute Gasteiger partial charge is 0.494 e. The molecule has 148 valence electrons. The molecule has 5 heteroatoms. The van der Waals surface area contributed by atoms with Gasteiger partial charge in [-0.25, -0.2) is 0 Å². The molecule has 5 nitrogen and oxygen atoms in total. The zero-order chi connectivity index (χ0) is 18.8. The third-order valence-corrected chi connectivity index (χ3v) is 6.57. The van der Waals surface area contributed by atoms with Gasteiger partial charge in [0.25, 0.3) is 0 Å². The topological polar surface area (TPSA) is 53.0 Å². The third-order valence-electron chi connectivity index (χ3n) is 6.57. The molecule has 2 atom stereocenters. The number of aliphatic hydroxyl groups is 1. The second-order valence-corrected chi connectivity index (χ2v) is 8.43. The molecule has 1 aromatic carbocycles. The Morgan fingerprint density at radius 2 is 2.04 bits per heavy atom. The number of carbonyl (C=O) groups excluding carboxylic acids is 1. The molecule has 1 saturated carbocycles. The summed E-state index contributed by atoms with van der Waals surface area (Å²) >= 11 is 0. The molecule has 3 aliphatic heterocycles. The van der Waals surface area contributed by atoms with Crippen molar-refractivity contribution in [3.8, 4) is 5.75 Å². The predicted molar refractivity (Wildman–Crippen MR) is 104 cm³/mol. The van der Waals surface area contributed by atoms with Gasteiger partial charge in [-0.3, -0.25) is 9.69 Å². The summed E-state index contributed by atoms with van der Waals surface area (Å²) in [5.74, 6) is 2.07. The number of nitrogens with zero attached hydrogens (tertiary/aromatic N) is 2. The van der Waals surface area contributed by atoms with E-state index in [-0.39, 0.29) is 6.61 Å². The average molecular weight is 373 g/mol. The highest BCUT2D eigenvalue weighted by atomic mass is 16.5. The Balaban J connectivity index is 1.45. The van der Waals surface area contributed by atoms with Gasteiger partial charge in [-0.05, 0) is 56.2 Å². The summed E-state index contributed by atoms with van der Waals surface area (Å²) in [5.41, 5.74) is 2.07. The number of amides is 1. The van der Waals surface area contributed by atoms with Gasteiger partial charge in [0.05, 0.1) is 13.2 Å². The van der Waals surface area contributed by atoms with Crippen molar-refractivity contribution in [2.45, 2.75) is 58.2 Å². The summed E-state index contributed by atoms with van der Waals surface area (Å²) in [6.45, 7) is 6.34. The maximum Gasteiger partial charge on any atom is 0.225 e. The van der Waals surface area contributed by atoms with E-state index in [9.17, 15) is 9.90 Å². The van der Waals surface area contributed by atoms with Gasteiger partial charge in [-0.1, -0.05) is 12.5 Å². The lowest BCUT2D eigenvalue weighted by Crippen LogP contribution is -2.45. The van der Waals surface area contributed by atoms with E-state index in [2.05, 4.69) is 21.9 Å². The highest BCUT2D eigenvalue weighted by Crippen LogP contribution is 2.34. The molecule has 4 fully saturated rings. The smallest absolute Gasteiger partial charge is 0.225 e. The number of hydrogen-bond acceptors (Lipinski definition) is 4. The highest BCUT2D eigenvalue weighted by Gasteiger charge is 2.39. The SMILES string of the molecule is CCOc1ccc(CN2C[C@H]3CC[C@@H]2CN(C(=O)C2CCC2)C3)cc1CO. The Hall–Kier alpha value is -1.59. The number of rotatable bonds is 6. The number of ether oxygens (including phenoxy) is 1. The monoisotopic (exact) mass is 372 g/mol. The predicted octanol–water partition coefficient (Wildman–Crippen LogP) is 2.80. The van der Waals surface area contributed by atoms with Crippen LogP contribution in [0.25, 0.3) is 0 Å². The van der Waals surface area contributed by atoms with Gasteiger partial charge >= 0.3 is 0 Å². The fourth-order valence-electron chi connectivity index (χ4n) is 4.85. The quantitative estimate of drug-likeness (QED) is 0.834. The first-order valence-corrected chi connectivity index (χ1v) is 10.6. The molecule has 1 aliphatic carbocycles. The molecule has 5 rings (SSSR count). The Morgan fingerprint density at radius 3 is 2.74 bits per heavy atom. The van der Waals surface area contributed by atoms with Crippen LogP contribution in [0.1, 0.15) is 50.2 Å². The highest BCUT2D eigenvalue weighted by molar-refractivity contribution is 5.79. The maximum atomic E-state index is 12.8. The van der Waals surface area contributed by atoms with E-state index < -0.39 is 0 Å². The molecule has 0 aromatic heterocycles. The summed E-state index contributed by atoms with van der Waals surface area (Å²) in [7, 11) is 0. The van der Waals surface area contributed by atoms with Crippen molar-refractivity contribution in [2.75, 3.05) is 26.2 Å². The fourth-order valence-corrected chi connectivity index (χ4v) is 4.85. The van der Waals surface area contributed by atoms with Crippen molar-refractivity contribution in [1.29, 1.82) is 0 Å². The Morgan fingerprint density at radius 1 is 1.19 bits per heavy atom. The molecule has 0 radical (unpaired) electrons. The molecule has 0 unspecified atom stereocenters. The van der Waals surface area contributed by atoms with E-state index in [1.54, 1.807) is 0 Å². The number of hydrogen-bond donors (Lipinski definition) is 1. The molecule has 3 heterocycles. The molecule has 27 heavy (non-hydrogen) atoms. The van der Waals surface area contributed by atoms with Crippen molar-refractivity contribution in [3.05, 3.63) is 29.3 Å². The molecule has 4 aliphatic rings. The molecule has 2 bridgehead atoms. The number of aliphatic hydroxyl groups excluding tert-OH is 1. The van der Waals surface area contributed by atoms with Crippen LogP contribution in [0.4, 0.5) is 0 Å². The Kier molecular flexibility index (Phi) is 5.69. The summed E-state index contributed by atoms with van der Waals surface area (Å²) in [4.78, 5) is 17.5. The minimum Gasteiger partial charge on any atom is -0.494 e. The van der Waals surface area contributed by atoms with Crippen LogP contribution in [0.2, 0.25) is 0 Å². The van der Waals surface area contributed by atoms with E-state index in [1.807, 2.05) is 13.0 Å². The fraction of sp³-hybridized carbons (Fsp3) is 0.682. The zero-order valence-corrected chi connectivity index (χ0v) is 16.4. The normalized spacial score (nSPS) is 25.9. The van der Waals surface area contributed by atoms with Gasteiger partial charge in [-0.15, -0.1) is 0 Å². The summed E-state index contributed by atoms with van der Waals surface area (Å²) < 4.78 is 5.60. The van der Waals surface area contributed by atoms with Crippen LogP contribution in [-0.2, 0) is 17.9 Å². The minimum atomic E-state index is -0.00110. The van der Waals surface area contributed by atoms with Crippen molar-refractivity contribution in [1.82, 2.24) is 9.80 Å². The molecule has 0 spiro atoms. The van der Waals surface area contributed by atoms with Crippen LogP contribution >= 0.6 is 0 Å². The molecule has 1 aromatic rings. The van der Waals surface area contributed by atoms with Crippen LogP contribution in [0.15, 0.2) is 18.2 Å². The first-order chi connectivity index (χ1) is 13.2. The van der Waals surface area contributed by atoms with Crippen LogP contribution < -0.4 is 4.74 Å². The van der Waals surface area contributed by atoms with Crippen LogP contribution in [0.5, 0.6) is 5.75 Å². The number of benzene rings is 1. The van der Waals surface area contributed by atoms with Crippen molar-refractivity contribution in [3.63, 3.8) is 0 Å². The van der Waals surface area contributed by atoms with Gasteiger partial charge < -0.3 is 14.7 Å². The van der Waals surface area contributed by atoms with Crippen LogP contribution in [0, 0.1) is 11.8 Å². The van der Waals surface area contributed by atoms with Gasteiger partial charge in [0.2, 0.25) is 5.91 Å². The van der Waals surface area contributed by atoms with E-state index in [0.717, 1.165) is 50.3 Å². The standard InChI is InChI=1S/C22H32N2O3/c1-2-27-21-9-7-16(10-19(21)15-25)11-23-12-17-6-8-20(23)14-24(13-17)22(26)18-4-3-5-18/h7,9-10,17-18,20,25H,2-6,8,11-15H2,1H3/t17-,20-/m1/s1. The van der Waals surface area contributed by atoms with Crippen LogP contribution in [0.3, 0.4) is 0 Å². The van der Waals surface area contributed by atoms with E-state index in [4.69, 9.17) is 4.74 Å². The summed E-state index contributed by atoms with van der Waals surface area (Å²) in [5, 5.41) is 9.66. The molecule has 3 saturated heterocycles. The Bertz CT molecular complexity index is 674. The van der Waals surface area contributed by atoms with Gasteiger partial charge in [-0.2, -0.15) is 0 Å². The first kappa shape index (κ1) is 18.8. The number of piperidine rings is 1. The van der Waals surface area contributed by atoms with E-state index >= 15 is 0 Å². The van der Waals surface area contributed by atoms with Crippen LogP contribution in [-0.4, -0.2) is 53.1 Å². The van der Waals surface area contributed by atoms with Gasteiger partial charge in [0.1, 0.15) is 5.75 Å². The third kappa shape index (κ3) is 3.99. The van der Waals surface area contributed by atoms with Crippen molar-refractivity contribution >= 4 is 5.91 Å². The first-order valence-electron chi connectivity index (χ1n) is 10.6. The second kappa shape index (κ2) is 8.19. The average Bonchev–Trinajstić information content (AvgIpc) is 2.93. The lowest BCUT2D eigenvalue weighted by Gasteiger charge is -2.36. The lowest BCUT2D eigenvalue weighted by atomic mass is 9.84. The molecular formula is C22H32N2O3. The zero-order valence-electron chi connectivity index (χ0n) is 16.4. The minimum absolute atomic E-state index is 0.00110. The maximum absolute atomic E-state index is 12.8. The molecular weight excluding hydrogens is 340 g/mol. The molecule has 1 amide bonds. The number of carbonyl (C=O) groups is 1.